The van der Waals surface area contributed by atoms with Gasteiger partial charge in [-0.3, -0.25) is 19.0 Å². The third kappa shape index (κ3) is 3.89. The van der Waals surface area contributed by atoms with Gasteiger partial charge in [0.1, 0.15) is 5.69 Å². The van der Waals surface area contributed by atoms with Crippen molar-refractivity contribution in [2.24, 2.45) is 0 Å². The molecule has 0 unspecified atom stereocenters. The molecule has 0 saturated carbocycles. The van der Waals surface area contributed by atoms with E-state index in [1.807, 2.05) is 6.92 Å². The van der Waals surface area contributed by atoms with E-state index in [1.54, 1.807) is 24.0 Å². The van der Waals surface area contributed by atoms with Gasteiger partial charge in [-0.15, -0.1) is 0 Å². The van der Waals surface area contributed by atoms with Crippen molar-refractivity contribution in [3.63, 3.8) is 0 Å². The summed E-state index contributed by atoms with van der Waals surface area (Å²) in [6.45, 7) is 3.04. The number of amides is 1. The molecule has 2 rings (SSSR count). The van der Waals surface area contributed by atoms with Crippen molar-refractivity contribution in [1.29, 1.82) is 0 Å². The molecule has 9 heteroatoms. The zero-order chi connectivity index (χ0) is 17.0. The molecule has 0 aliphatic carbocycles. The Morgan fingerprint density at radius 3 is 2.74 bits per heavy atom. The van der Waals surface area contributed by atoms with Gasteiger partial charge in [0.25, 0.3) is 5.91 Å². The number of carbonyl (C=O) groups excluding carboxylic acids is 1. The van der Waals surface area contributed by atoms with Gasteiger partial charge in [-0.1, -0.05) is 11.6 Å². The maximum Gasteiger partial charge on any atom is 0.305 e. The van der Waals surface area contributed by atoms with Crippen LogP contribution in [0.25, 0.3) is 0 Å². The zero-order valence-electron chi connectivity index (χ0n) is 12.9. The molecule has 2 aromatic rings. The van der Waals surface area contributed by atoms with E-state index >= 15 is 0 Å². The van der Waals surface area contributed by atoms with Crippen LogP contribution in [0.4, 0.5) is 0 Å². The Hall–Kier alpha value is -2.35. The second-order valence-electron chi connectivity index (χ2n) is 5.00. The molecule has 1 N–H and O–H groups in total. The maximum atomic E-state index is 12.6. The standard InChI is InChI=1S/C14H18ClN5O3/c1-3-19-12(10(15)8-17-19)9-18(2)14(23)11-4-6-16-20(11)7-5-13(21)22/h4,6,8H,3,5,7,9H2,1-2H3,(H,21,22). The molecule has 0 aromatic carbocycles. The molecule has 0 aliphatic rings. The lowest BCUT2D eigenvalue weighted by molar-refractivity contribution is -0.137. The number of carboxylic acid groups (broad SMARTS) is 1. The second-order valence-corrected chi connectivity index (χ2v) is 5.41. The summed E-state index contributed by atoms with van der Waals surface area (Å²) < 4.78 is 3.12. The van der Waals surface area contributed by atoms with E-state index in [1.165, 1.54) is 15.8 Å². The fraction of sp³-hybridized carbons (Fsp3) is 0.429. The molecular formula is C14H18ClN5O3. The van der Waals surface area contributed by atoms with Crippen LogP contribution < -0.4 is 0 Å². The molecular weight excluding hydrogens is 322 g/mol. The first-order chi connectivity index (χ1) is 10.9. The monoisotopic (exact) mass is 339 g/mol. The summed E-state index contributed by atoms with van der Waals surface area (Å²) in [6.07, 6.45) is 2.93. The average Bonchev–Trinajstić information content (AvgIpc) is 3.11. The van der Waals surface area contributed by atoms with Crippen molar-refractivity contribution >= 4 is 23.5 Å². The molecule has 2 heterocycles. The van der Waals surface area contributed by atoms with Gasteiger partial charge < -0.3 is 10.0 Å². The molecule has 1 amide bonds. The first-order valence-corrected chi connectivity index (χ1v) is 7.51. The molecule has 0 aliphatic heterocycles. The summed E-state index contributed by atoms with van der Waals surface area (Å²) in [6, 6.07) is 1.57. The second kappa shape index (κ2) is 7.28. The highest BCUT2D eigenvalue weighted by Gasteiger charge is 2.19. The quantitative estimate of drug-likeness (QED) is 0.825. The topological polar surface area (TPSA) is 93.3 Å². The van der Waals surface area contributed by atoms with Crippen LogP contribution in [0.5, 0.6) is 0 Å². The number of rotatable bonds is 7. The van der Waals surface area contributed by atoms with Crippen molar-refractivity contribution < 1.29 is 14.7 Å². The van der Waals surface area contributed by atoms with Crippen LogP contribution in [0.2, 0.25) is 5.02 Å². The fourth-order valence-electron chi connectivity index (χ4n) is 2.20. The number of halogens is 1. The predicted molar refractivity (Wildman–Crippen MR) is 83.2 cm³/mol. The summed E-state index contributed by atoms with van der Waals surface area (Å²) in [7, 11) is 1.65. The number of aromatic nitrogens is 4. The van der Waals surface area contributed by atoms with Crippen LogP contribution in [-0.4, -0.2) is 48.5 Å². The highest BCUT2D eigenvalue weighted by Crippen LogP contribution is 2.17. The Balaban J connectivity index is 2.12. The van der Waals surface area contributed by atoms with E-state index in [4.69, 9.17) is 16.7 Å². The van der Waals surface area contributed by atoms with Gasteiger partial charge in [-0.2, -0.15) is 10.2 Å². The van der Waals surface area contributed by atoms with E-state index in [2.05, 4.69) is 10.2 Å². The Kier molecular flexibility index (Phi) is 5.38. The number of nitrogens with zero attached hydrogens (tertiary/aromatic N) is 5. The number of carbonyl (C=O) groups is 2. The minimum absolute atomic E-state index is 0.0971. The van der Waals surface area contributed by atoms with Gasteiger partial charge in [-0.25, -0.2) is 0 Å². The third-order valence-electron chi connectivity index (χ3n) is 3.40. The smallest absolute Gasteiger partial charge is 0.305 e. The van der Waals surface area contributed by atoms with Crippen molar-refractivity contribution in [3.05, 3.63) is 34.9 Å². The van der Waals surface area contributed by atoms with Crippen LogP contribution >= 0.6 is 11.6 Å². The number of carboxylic acids is 1. The molecule has 0 radical (unpaired) electrons. The first-order valence-electron chi connectivity index (χ1n) is 7.13. The van der Waals surface area contributed by atoms with E-state index in [9.17, 15) is 9.59 Å². The summed E-state index contributed by atoms with van der Waals surface area (Å²) in [5, 5.41) is 17.4. The summed E-state index contributed by atoms with van der Waals surface area (Å²) in [4.78, 5) is 24.7. The third-order valence-corrected chi connectivity index (χ3v) is 3.72. The maximum absolute atomic E-state index is 12.6. The Labute approximate surface area is 138 Å². The van der Waals surface area contributed by atoms with Crippen LogP contribution in [0.3, 0.4) is 0 Å². The number of aliphatic carboxylic acids is 1. The van der Waals surface area contributed by atoms with Gasteiger partial charge >= 0.3 is 5.97 Å². The molecule has 23 heavy (non-hydrogen) atoms. The highest BCUT2D eigenvalue weighted by atomic mass is 35.5. The van der Waals surface area contributed by atoms with Crippen LogP contribution in [0, 0.1) is 0 Å². The van der Waals surface area contributed by atoms with Crippen LogP contribution in [-0.2, 0) is 24.4 Å². The van der Waals surface area contributed by atoms with Gasteiger partial charge in [-0.05, 0) is 13.0 Å². The SMILES string of the molecule is CCn1ncc(Cl)c1CN(C)C(=O)c1ccnn1CCC(=O)O. The lowest BCUT2D eigenvalue weighted by atomic mass is 10.3. The molecule has 0 saturated heterocycles. The first kappa shape index (κ1) is 17.0. The molecule has 0 spiro atoms. The zero-order valence-corrected chi connectivity index (χ0v) is 13.7. The van der Waals surface area contributed by atoms with Crippen LogP contribution in [0.15, 0.2) is 18.5 Å². The van der Waals surface area contributed by atoms with E-state index in [0.717, 1.165) is 5.69 Å². The van der Waals surface area contributed by atoms with E-state index in [-0.39, 0.29) is 18.9 Å². The van der Waals surface area contributed by atoms with Gasteiger partial charge in [0.15, 0.2) is 0 Å². The molecule has 0 bridgehead atoms. The minimum atomic E-state index is -0.939. The van der Waals surface area contributed by atoms with Gasteiger partial charge in [0.05, 0.1) is 36.4 Å². The van der Waals surface area contributed by atoms with Gasteiger partial charge in [0.2, 0.25) is 0 Å². The highest BCUT2D eigenvalue weighted by molar-refractivity contribution is 6.31. The number of hydrogen-bond acceptors (Lipinski definition) is 4. The van der Waals surface area contributed by atoms with Crippen molar-refractivity contribution in [1.82, 2.24) is 24.5 Å². The Bertz CT molecular complexity index is 709. The van der Waals surface area contributed by atoms with E-state index < -0.39 is 5.97 Å². The van der Waals surface area contributed by atoms with Gasteiger partial charge in [0, 0.05) is 19.8 Å². The molecule has 0 atom stereocenters. The van der Waals surface area contributed by atoms with Crippen molar-refractivity contribution in [2.75, 3.05) is 7.05 Å². The Morgan fingerprint density at radius 2 is 2.09 bits per heavy atom. The minimum Gasteiger partial charge on any atom is -0.481 e. The fourth-order valence-corrected chi connectivity index (χ4v) is 2.40. The van der Waals surface area contributed by atoms with Crippen LogP contribution in [0.1, 0.15) is 29.5 Å². The molecule has 2 aromatic heterocycles. The molecule has 0 fully saturated rings. The lowest BCUT2D eigenvalue weighted by Crippen LogP contribution is -2.30. The predicted octanol–water partition coefficient (Wildman–Crippen LogP) is 1.50. The largest absolute Gasteiger partial charge is 0.481 e. The normalized spacial score (nSPS) is 10.7. The summed E-state index contributed by atoms with van der Waals surface area (Å²) >= 11 is 6.11. The van der Waals surface area contributed by atoms with Crippen molar-refractivity contribution in [3.8, 4) is 0 Å². The number of hydrogen-bond donors (Lipinski definition) is 1. The molecule has 8 nitrogen and oxygen atoms in total. The Morgan fingerprint density at radius 1 is 1.35 bits per heavy atom. The number of aryl methyl sites for hydroxylation is 2. The molecule has 124 valence electrons. The lowest BCUT2D eigenvalue weighted by Gasteiger charge is -2.18. The van der Waals surface area contributed by atoms with E-state index in [0.29, 0.717) is 23.8 Å². The average molecular weight is 340 g/mol. The van der Waals surface area contributed by atoms with Crippen molar-refractivity contribution in [2.45, 2.75) is 33.0 Å². The summed E-state index contributed by atoms with van der Waals surface area (Å²) in [5.74, 6) is -1.20. The summed E-state index contributed by atoms with van der Waals surface area (Å²) in [5.41, 5.74) is 1.09.